The zero-order valence-electron chi connectivity index (χ0n) is 28.1. The van der Waals surface area contributed by atoms with Crippen LogP contribution in [0, 0.1) is 0 Å². The third-order valence-electron chi connectivity index (χ3n) is 11.0. The molecule has 0 amide bonds. The zero-order valence-corrected chi connectivity index (χ0v) is 28.1. The van der Waals surface area contributed by atoms with E-state index in [1.165, 1.54) is 88.3 Å². The summed E-state index contributed by atoms with van der Waals surface area (Å²) < 4.78 is 0. The Morgan fingerprint density at radius 1 is 0.255 bits per heavy atom. The number of fused-ring (bicyclic) bond motifs is 5. The Kier molecular flexibility index (Phi) is 6.82. The Hall–Kier alpha value is -6.50. The second-order valence-electron chi connectivity index (χ2n) is 13.6. The third-order valence-corrected chi connectivity index (χ3v) is 11.0. The van der Waals surface area contributed by atoms with Crippen LogP contribution in [0.5, 0.6) is 0 Å². The molecular weight excluding hydrogens is 613 g/mol. The minimum Gasteiger partial charge on any atom is -0.0622 e. The van der Waals surface area contributed by atoms with E-state index in [1.54, 1.807) is 0 Å². The lowest BCUT2D eigenvalue weighted by Gasteiger charge is -2.34. The fourth-order valence-electron chi connectivity index (χ4n) is 8.83. The lowest BCUT2D eigenvalue weighted by atomic mass is 9.67. The van der Waals surface area contributed by atoms with Crippen molar-refractivity contribution >= 4 is 21.5 Å². The molecule has 0 unspecified atom stereocenters. The van der Waals surface area contributed by atoms with Gasteiger partial charge in [0, 0.05) is 0 Å². The first-order chi connectivity index (χ1) is 25.3. The molecule has 238 valence electrons. The maximum Gasteiger partial charge on any atom is 0.0713 e. The fraction of sp³-hybridized carbons (Fsp3) is 0.0196. The average Bonchev–Trinajstić information content (AvgIpc) is 3.52. The molecule has 9 aromatic carbocycles. The minimum atomic E-state index is -0.396. The van der Waals surface area contributed by atoms with Gasteiger partial charge in [-0.15, -0.1) is 0 Å². The Morgan fingerprint density at radius 2 is 0.667 bits per heavy atom. The van der Waals surface area contributed by atoms with Crippen molar-refractivity contribution in [3.8, 4) is 44.5 Å². The van der Waals surface area contributed by atoms with Crippen LogP contribution in [0.2, 0.25) is 0 Å². The minimum absolute atomic E-state index is 0.396. The highest BCUT2D eigenvalue weighted by Crippen LogP contribution is 2.56. The maximum absolute atomic E-state index is 2.37. The molecule has 0 bridgehead atoms. The molecule has 1 aliphatic carbocycles. The smallest absolute Gasteiger partial charge is 0.0622 e. The SMILES string of the molecule is c1ccc(-c2c3ccccc3c(-c3cccc(-c4ccc(C5(c6ccccc6)c6ccccc6-c6ccccc65)cc4)c3)c3ccccc23)cc1. The topological polar surface area (TPSA) is 0 Å². The Balaban J connectivity index is 1.14. The highest BCUT2D eigenvalue weighted by molar-refractivity contribution is 6.21. The van der Waals surface area contributed by atoms with Gasteiger partial charge in [0.1, 0.15) is 0 Å². The van der Waals surface area contributed by atoms with Gasteiger partial charge in [0.2, 0.25) is 0 Å². The highest BCUT2D eigenvalue weighted by atomic mass is 14.5. The third kappa shape index (κ3) is 4.47. The van der Waals surface area contributed by atoms with Crippen LogP contribution in [0.25, 0.3) is 66.1 Å². The molecule has 0 atom stereocenters. The molecule has 10 rings (SSSR count). The Labute approximate surface area is 298 Å². The van der Waals surface area contributed by atoms with Crippen molar-refractivity contribution in [1.29, 1.82) is 0 Å². The molecule has 0 nitrogen and oxygen atoms in total. The quantitative estimate of drug-likeness (QED) is 0.163. The fourth-order valence-corrected chi connectivity index (χ4v) is 8.83. The van der Waals surface area contributed by atoms with Gasteiger partial charge in [-0.05, 0) is 94.4 Å². The molecule has 0 spiro atoms. The Morgan fingerprint density at radius 3 is 1.24 bits per heavy atom. The van der Waals surface area contributed by atoms with Gasteiger partial charge in [-0.25, -0.2) is 0 Å². The lowest BCUT2D eigenvalue weighted by molar-refractivity contribution is 0.768. The normalized spacial score (nSPS) is 12.9. The van der Waals surface area contributed by atoms with E-state index < -0.39 is 5.41 Å². The maximum atomic E-state index is 2.37. The summed E-state index contributed by atoms with van der Waals surface area (Å²) in [7, 11) is 0. The summed E-state index contributed by atoms with van der Waals surface area (Å²) in [4.78, 5) is 0. The Bertz CT molecular complexity index is 2620. The molecule has 0 saturated carbocycles. The van der Waals surface area contributed by atoms with Crippen molar-refractivity contribution in [3.63, 3.8) is 0 Å². The molecule has 0 saturated heterocycles. The molecule has 0 heteroatoms. The monoisotopic (exact) mass is 646 g/mol. The van der Waals surface area contributed by atoms with E-state index in [4.69, 9.17) is 0 Å². The van der Waals surface area contributed by atoms with Crippen molar-refractivity contribution < 1.29 is 0 Å². The van der Waals surface area contributed by atoms with E-state index in [2.05, 4.69) is 206 Å². The molecular formula is C51H34. The van der Waals surface area contributed by atoms with Crippen molar-refractivity contribution in [3.05, 3.63) is 229 Å². The van der Waals surface area contributed by atoms with E-state index >= 15 is 0 Å². The highest BCUT2D eigenvalue weighted by Gasteiger charge is 2.45. The molecule has 0 N–H and O–H groups in total. The molecule has 0 radical (unpaired) electrons. The summed E-state index contributed by atoms with van der Waals surface area (Å²) in [6.45, 7) is 0. The summed E-state index contributed by atoms with van der Waals surface area (Å²) in [6, 6.07) is 75.9. The van der Waals surface area contributed by atoms with Crippen molar-refractivity contribution in [2.75, 3.05) is 0 Å². The molecule has 0 aromatic heterocycles. The van der Waals surface area contributed by atoms with E-state index in [1.807, 2.05) is 0 Å². The molecule has 9 aromatic rings. The molecule has 0 fully saturated rings. The van der Waals surface area contributed by atoms with E-state index in [-0.39, 0.29) is 0 Å². The number of hydrogen-bond acceptors (Lipinski definition) is 0. The van der Waals surface area contributed by atoms with Gasteiger partial charge >= 0.3 is 0 Å². The second kappa shape index (κ2) is 11.8. The standard InChI is InChI=1S/C51H34/c1-3-16-36(17-4-1)49-43-24-7-9-26-45(43)50(46-27-10-8-25-44(46)49)38-19-15-18-37(34-38)35-30-32-40(33-31-35)51(39-20-5-2-6-21-39)47-28-13-11-22-41(47)42-23-12-14-29-48(42)51/h1-34H. The van der Waals surface area contributed by atoms with Crippen molar-refractivity contribution in [2.45, 2.75) is 5.41 Å². The van der Waals surface area contributed by atoms with Crippen LogP contribution in [0.4, 0.5) is 0 Å². The first kappa shape index (κ1) is 29.4. The summed E-state index contributed by atoms with van der Waals surface area (Å²) in [5.74, 6) is 0. The molecule has 1 aliphatic rings. The summed E-state index contributed by atoms with van der Waals surface area (Å²) in [6.07, 6.45) is 0. The van der Waals surface area contributed by atoms with Crippen LogP contribution in [0.1, 0.15) is 22.3 Å². The summed E-state index contributed by atoms with van der Waals surface area (Å²) >= 11 is 0. The second-order valence-corrected chi connectivity index (χ2v) is 13.6. The van der Waals surface area contributed by atoms with Gasteiger partial charge in [0.25, 0.3) is 0 Å². The first-order valence-corrected chi connectivity index (χ1v) is 17.8. The van der Waals surface area contributed by atoms with E-state index in [9.17, 15) is 0 Å². The van der Waals surface area contributed by atoms with Crippen LogP contribution >= 0.6 is 0 Å². The number of hydrogen-bond donors (Lipinski definition) is 0. The van der Waals surface area contributed by atoms with Crippen LogP contribution in [-0.2, 0) is 5.41 Å². The van der Waals surface area contributed by atoms with Crippen molar-refractivity contribution in [1.82, 2.24) is 0 Å². The van der Waals surface area contributed by atoms with Crippen LogP contribution in [0.15, 0.2) is 206 Å². The van der Waals surface area contributed by atoms with Gasteiger partial charge in [0.05, 0.1) is 5.41 Å². The molecule has 0 aliphatic heterocycles. The summed E-state index contributed by atoms with van der Waals surface area (Å²) in [5, 5.41) is 5.09. The van der Waals surface area contributed by atoms with Crippen LogP contribution in [0.3, 0.4) is 0 Å². The van der Waals surface area contributed by atoms with Gasteiger partial charge in [0.15, 0.2) is 0 Å². The van der Waals surface area contributed by atoms with Crippen molar-refractivity contribution in [2.24, 2.45) is 0 Å². The van der Waals surface area contributed by atoms with Crippen LogP contribution in [-0.4, -0.2) is 0 Å². The van der Waals surface area contributed by atoms with Gasteiger partial charge in [-0.1, -0.05) is 200 Å². The van der Waals surface area contributed by atoms with E-state index in [0.717, 1.165) is 0 Å². The number of rotatable bonds is 5. The van der Waals surface area contributed by atoms with Gasteiger partial charge in [-0.2, -0.15) is 0 Å². The van der Waals surface area contributed by atoms with Gasteiger partial charge < -0.3 is 0 Å². The summed E-state index contributed by atoms with van der Waals surface area (Å²) in [5.41, 5.74) is 14.9. The van der Waals surface area contributed by atoms with Crippen LogP contribution < -0.4 is 0 Å². The lowest BCUT2D eigenvalue weighted by Crippen LogP contribution is -2.28. The predicted molar refractivity (Wildman–Crippen MR) is 215 cm³/mol. The number of benzene rings is 9. The molecule has 0 heterocycles. The van der Waals surface area contributed by atoms with Gasteiger partial charge in [-0.3, -0.25) is 0 Å². The zero-order chi connectivity index (χ0) is 33.8. The largest absolute Gasteiger partial charge is 0.0713 e. The molecule has 51 heavy (non-hydrogen) atoms. The first-order valence-electron chi connectivity index (χ1n) is 17.8. The van der Waals surface area contributed by atoms with E-state index in [0.29, 0.717) is 0 Å². The predicted octanol–water partition coefficient (Wildman–Crippen LogP) is 13.4. The average molecular weight is 647 g/mol.